The zero-order valence-electron chi connectivity index (χ0n) is 12.0. The quantitative estimate of drug-likeness (QED) is 0.776. The van der Waals surface area contributed by atoms with E-state index in [2.05, 4.69) is 0 Å². The highest BCUT2D eigenvalue weighted by atomic mass is 35.7. The molecule has 2 rings (SSSR count). The summed E-state index contributed by atoms with van der Waals surface area (Å²) in [5.41, 5.74) is 1.88. The Bertz CT molecular complexity index is 575. The van der Waals surface area contributed by atoms with Crippen molar-refractivity contribution in [3.63, 3.8) is 0 Å². The molecule has 0 amide bonds. The third kappa shape index (κ3) is 4.13. The molecule has 112 valence electrons. The van der Waals surface area contributed by atoms with E-state index in [1.807, 2.05) is 32.0 Å². The Labute approximate surface area is 125 Å². The van der Waals surface area contributed by atoms with Gasteiger partial charge in [0.2, 0.25) is 9.05 Å². The van der Waals surface area contributed by atoms with Crippen molar-refractivity contribution >= 4 is 19.7 Å². The fourth-order valence-electron chi connectivity index (χ4n) is 2.91. The van der Waals surface area contributed by atoms with Gasteiger partial charge in [0.05, 0.1) is 12.4 Å². The summed E-state index contributed by atoms with van der Waals surface area (Å²) in [5.74, 6) is 0.843. The average molecular weight is 317 g/mol. The molecule has 0 radical (unpaired) electrons. The third-order valence-electron chi connectivity index (χ3n) is 4.02. The molecule has 0 aromatic heterocycles. The summed E-state index contributed by atoms with van der Waals surface area (Å²) in [5, 5.41) is 0. The molecule has 1 saturated carbocycles. The molecular formula is C15H21ClO3S. The molecule has 0 atom stereocenters. The van der Waals surface area contributed by atoms with Gasteiger partial charge in [-0.1, -0.05) is 25.0 Å². The first-order valence-corrected chi connectivity index (χ1v) is 9.40. The van der Waals surface area contributed by atoms with Crippen LogP contribution in [0.15, 0.2) is 18.2 Å². The summed E-state index contributed by atoms with van der Waals surface area (Å²) in [7, 11) is 1.96. The van der Waals surface area contributed by atoms with Crippen LogP contribution in [-0.4, -0.2) is 20.8 Å². The van der Waals surface area contributed by atoms with Crippen LogP contribution in [0.4, 0.5) is 0 Å². The van der Waals surface area contributed by atoms with Crippen LogP contribution in [0.25, 0.3) is 0 Å². The van der Waals surface area contributed by atoms with Gasteiger partial charge in [0.1, 0.15) is 5.75 Å². The van der Waals surface area contributed by atoms with Crippen LogP contribution in [0.1, 0.15) is 36.8 Å². The Morgan fingerprint density at radius 2 is 1.90 bits per heavy atom. The molecule has 1 fully saturated rings. The molecule has 0 unspecified atom stereocenters. The van der Waals surface area contributed by atoms with Gasteiger partial charge < -0.3 is 4.74 Å². The van der Waals surface area contributed by atoms with Crippen molar-refractivity contribution in [1.82, 2.24) is 0 Å². The van der Waals surface area contributed by atoms with E-state index in [0.29, 0.717) is 6.61 Å². The van der Waals surface area contributed by atoms with Gasteiger partial charge in [0.15, 0.2) is 0 Å². The van der Waals surface area contributed by atoms with Crippen LogP contribution in [-0.2, 0) is 9.05 Å². The highest BCUT2D eigenvalue weighted by Gasteiger charge is 2.38. The monoisotopic (exact) mass is 316 g/mol. The van der Waals surface area contributed by atoms with Gasteiger partial charge >= 0.3 is 0 Å². The number of benzene rings is 1. The molecule has 1 aromatic rings. The molecule has 0 N–H and O–H groups in total. The van der Waals surface area contributed by atoms with Gasteiger partial charge in [-0.05, 0) is 43.9 Å². The molecule has 1 aliphatic rings. The Hall–Kier alpha value is -0.740. The summed E-state index contributed by atoms with van der Waals surface area (Å²) in [6, 6.07) is 6.05. The Kier molecular flexibility index (Phi) is 4.65. The van der Waals surface area contributed by atoms with Crippen molar-refractivity contribution in [3.8, 4) is 5.75 Å². The molecule has 0 aliphatic heterocycles. The van der Waals surface area contributed by atoms with E-state index < -0.39 is 9.05 Å². The number of hydrogen-bond acceptors (Lipinski definition) is 3. The van der Waals surface area contributed by atoms with Crippen LogP contribution in [0.5, 0.6) is 5.75 Å². The molecule has 0 heterocycles. The SMILES string of the molecule is Cc1ccc(C)c(OCC2(CS(=O)(=O)Cl)CCCC2)c1. The van der Waals surface area contributed by atoms with E-state index in [1.54, 1.807) is 0 Å². The second-order valence-electron chi connectivity index (χ2n) is 5.95. The summed E-state index contributed by atoms with van der Waals surface area (Å²) in [6.07, 6.45) is 3.82. The third-order valence-corrected chi connectivity index (χ3v) is 5.30. The molecule has 20 heavy (non-hydrogen) atoms. The molecule has 3 nitrogen and oxygen atoms in total. The topological polar surface area (TPSA) is 43.4 Å². The summed E-state index contributed by atoms with van der Waals surface area (Å²) in [4.78, 5) is 0. The van der Waals surface area contributed by atoms with Crippen molar-refractivity contribution < 1.29 is 13.2 Å². The molecule has 5 heteroatoms. The first-order valence-electron chi connectivity index (χ1n) is 6.92. The van der Waals surface area contributed by atoms with Crippen molar-refractivity contribution in [2.45, 2.75) is 39.5 Å². The van der Waals surface area contributed by atoms with Crippen molar-refractivity contribution in [2.24, 2.45) is 5.41 Å². The minimum Gasteiger partial charge on any atom is -0.493 e. The smallest absolute Gasteiger partial charge is 0.233 e. The zero-order valence-corrected chi connectivity index (χ0v) is 13.6. The van der Waals surface area contributed by atoms with Gasteiger partial charge in [0, 0.05) is 16.1 Å². The second kappa shape index (κ2) is 5.94. The molecule has 0 spiro atoms. The maximum atomic E-state index is 11.4. The lowest BCUT2D eigenvalue weighted by Gasteiger charge is -2.27. The van der Waals surface area contributed by atoms with Crippen LogP contribution in [0.2, 0.25) is 0 Å². The van der Waals surface area contributed by atoms with Gasteiger partial charge in [-0.25, -0.2) is 8.42 Å². The highest BCUT2D eigenvalue weighted by molar-refractivity contribution is 8.13. The molecule has 0 saturated heterocycles. The predicted molar refractivity (Wildman–Crippen MR) is 82.0 cm³/mol. The number of aryl methyl sites for hydroxylation is 2. The highest BCUT2D eigenvalue weighted by Crippen LogP contribution is 2.40. The normalized spacial score (nSPS) is 18.1. The van der Waals surface area contributed by atoms with Gasteiger partial charge in [-0.2, -0.15) is 0 Å². The van der Waals surface area contributed by atoms with Crippen molar-refractivity contribution in [1.29, 1.82) is 0 Å². The number of ether oxygens (including phenoxy) is 1. The van der Waals surface area contributed by atoms with Crippen molar-refractivity contribution in [2.75, 3.05) is 12.4 Å². The average Bonchev–Trinajstić information content (AvgIpc) is 2.77. The largest absolute Gasteiger partial charge is 0.493 e. The van der Waals surface area contributed by atoms with E-state index >= 15 is 0 Å². The lowest BCUT2D eigenvalue weighted by molar-refractivity contribution is 0.170. The second-order valence-corrected chi connectivity index (χ2v) is 8.72. The molecule has 1 aromatic carbocycles. The fourth-order valence-corrected chi connectivity index (χ4v) is 4.71. The van der Waals surface area contributed by atoms with Crippen molar-refractivity contribution in [3.05, 3.63) is 29.3 Å². The zero-order chi connectivity index (χ0) is 14.8. The Balaban J connectivity index is 2.11. The Morgan fingerprint density at radius 3 is 2.50 bits per heavy atom. The minimum atomic E-state index is -3.50. The van der Waals surface area contributed by atoms with Crippen LogP contribution in [0.3, 0.4) is 0 Å². The first-order chi connectivity index (χ1) is 9.30. The van der Waals surface area contributed by atoms with Gasteiger partial charge in [-0.3, -0.25) is 0 Å². The fraction of sp³-hybridized carbons (Fsp3) is 0.600. The van der Waals surface area contributed by atoms with E-state index in [-0.39, 0.29) is 11.2 Å². The number of hydrogen-bond donors (Lipinski definition) is 0. The van der Waals surface area contributed by atoms with E-state index in [0.717, 1.165) is 42.6 Å². The summed E-state index contributed by atoms with van der Waals surface area (Å²) in [6.45, 7) is 4.43. The standard InChI is InChI=1S/C15H21ClO3S/c1-12-5-6-13(2)14(9-12)19-10-15(7-3-4-8-15)11-20(16,17)18/h5-6,9H,3-4,7-8,10-11H2,1-2H3. The molecule has 0 bridgehead atoms. The lowest BCUT2D eigenvalue weighted by atomic mass is 9.90. The number of rotatable bonds is 5. The first kappa shape index (κ1) is 15.6. The Morgan fingerprint density at radius 1 is 1.25 bits per heavy atom. The number of halogens is 1. The van der Waals surface area contributed by atoms with E-state index in [1.165, 1.54) is 0 Å². The van der Waals surface area contributed by atoms with Crippen LogP contribution in [0, 0.1) is 19.3 Å². The maximum Gasteiger partial charge on any atom is 0.233 e. The lowest BCUT2D eigenvalue weighted by Crippen LogP contribution is -2.32. The summed E-state index contributed by atoms with van der Waals surface area (Å²) >= 11 is 0. The minimum absolute atomic E-state index is 0.00637. The maximum absolute atomic E-state index is 11.4. The summed E-state index contributed by atoms with van der Waals surface area (Å²) < 4.78 is 28.8. The van der Waals surface area contributed by atoms with Crippen LogP contribution < -0.4 is 4.74 Å². The van der Waals surface area contributed by atoms with E-state index in [4.69, 9.17) is 15.4 Å². The molecule has 1 aliphatic carbocycles. The van der Waals surface area contributed by atoms with Gasteiger partial charge in [-0.15, -0.1) is 0 Å². The molecular weight excluding hydrogens is 296 g/mol. The van der Waals surface area contributed by atoms with Gasteiger partial charge in [0.25, 0.3) is 0 Å². The predicted octanol–water partition coefficient (Wildman–Crippen LogP) is 3.81. The van der Waals surface area contributed by atoms with E-state index in [9.17, 15) is 8.42 Å². The van der Waals surface area contributed by atoms with Crippen LogP contribution >= 0.6 is 10.7 Å².